The number of aromatic nitrogens is 2. The fourth-order valence-electron chi connectivity index (χ4n) is 2.12. The van der Waals surface area contributed by atoms with Crippen LogP contribution in [0.3, 0.4) is 0 Å². The molecular formula is C15H18N4O2. The summed E-state index contributed by atoms with van der Waals surface area (Å²) in [7, 11) is 0. The lowest BCUT2D eigenvalue weighted by molar-refractivity contribution is -0.116. The molecule has 0 aliphatic rings. The molecule has 0 fully saturated rings. The van der Waals surface area contributed by atoms with Crippen molar-refractivity contribution >= 4 is 11.6 Å². The number of carbonyl (C=O) groups excluding carboxylic acids is 1. The molecule has 2 rings (SSSR count). The van der Waals surface area contributed by atoms with Gasteiger partial charge in [0.15, 0.2) is 0 Å². The van der Waals surface area contributed by atoms with Crippen molar-refractivity contribution in [2.45, 2.75) is 26.9 Å². The van der Waals surface area contributed by atoms with E-state index >= 15 is 0 Å². The summed E-state index contributed by atoms with van der Waals surface area (Å²) in [5.74, 6) is -0.285. The Morgan fingerprint density at radius 3 is 2.71 bits per heavy atom. The monoisotopic (exact) mass is 286 g/mol. The fraction of sp³-hybridized carbons (Fsp3) is 0.267. The fourth-order valence-corrected chi connectivity index (χ4v) is 2.12. The summed E-state index contributed by atoms with van der Waals surface area (Å²) in [5.41, 5.74) is 8.06. The van der Waals surface area contributed by atoms with Crippen molar-refractivity contribution in [2.24, 2.45) is 5.73 Å². The van der Waals surface area contributed by atoms with Crippen LogP contribution in [0.15, 0.2) is 35.1 Å². The molecule has 0 aliphatic carbocycles. The normalized spacial score (nSPS) is 10.4. The maximum absolute atomic E-state index is 12.1. The van der Waals surface area contributed by atoms with E-state index in [0.29, 0.717) is 23.6 Å². The van der Waals surface area contributed by atoms with Crippen molar-refractivity contribution in [3.05, 3.63) is 57.8 Å². The molecule has 1 aromatic heterocycles. The highest BCUT2D eigenvalue weighted by atomic mass is 16.2. The van der Waals surface area contributed by atoms with Gasteiger partial charge in [-0.3, -0.25) is 9.36 Å². The average molecular weight is 286 g/mol. The lowest BCUT2D eigenvalue weighted by Crippen LogP contribution is -2.31. The molecule has 0 saturated heterocycles. The van der Waals surface area contributed by atoms with Gasteiger partial charge < -0.3 is 11.1 Å². The molecule has 1 heterocycles. The molecule has 6 heteroatoms. The van der Waals surface area contributed by atoms with Gasteiger partial charge in [0.1, 0.15) is 6.54 Å². The van der Waals surface area contributed by atoms with Crippen molar-refractivity contribution in [1.82, 2.24) is 9.55 Å². The predicted molar refractivity (Wildman–Crippen MR) is 80.9 cm³/mol. The number of carbonyl (C=O) groups is 1. The standard InChI is InChI=1S/C15H18N4O2/c1-10-7-11(2)19(15(21)17-10)9-14(20)18-13-6-4-3-5-12(13)8-16/h3-7H,8-9,16H2,1-2H3,(H,18,20). The molecule has 1 amide bonds. The second-order valence-electron chi connectivity index (χ2n) is 4.82. The number of amides is 1. The minimum Gasteiger partial charge on any atom is -0.326 e. The topological polar surface area (TPSA) is 90.0 Å². The van der Waals surface area contributed by atoms with Crippen LogP contribution in [0, 0.1) is 13.8 Å². The molecule has 1 aromatic carbocycles. The van der Waals surface area contributed by atoms with Crippen LogP contribution in [0.1, 0.15) is 17.0 Å². The van der Waals surface area contributed by atoms with E-state index in [0.717, 1.165) is 5.56 Å². The number of anilines is 1. The van der Waals surface area contributed by atoms with Crippen LogP contribution in [0.25, 0.3) is 0 Å². The Morgan fingerprint density at radius 2 is 2.05 bits per heavy atom. The van der Waals surface area contributed by atoms with E-state index < -0.39 is 5.69 Å². The van der Waals surface area contributed by atoms with E-state index in [-0.39, 0.29) is 12.5 Å². The summed E-state index contributed by atoms with van der Waals surface area (Å²) in [5, 5.41) is 2.77. The summed E-state index contributed by atoms with van der Waals surface area (Å²) in [6, 6.07) is 9.07. The number of nitrogens with two attached hydrogens (primary N) is 1. The first-order valence-corrected chi connectivity index (χ1v) is 6.64. The van der Waals surface area contributed by atoms with Crippen LogP contribution in [0.4, 0.5) is 5.69 Å². The summed E-state index contributed by atoms with van der Waals surface area (Å²) >= 11 is 0. The predicted octanol–water partition coefficient (Wildman–Crippen LogP) is 0.958. The van der Waals surface area contributed by atoms with Gasteiger partial charge in [-0.25, -0.2) is 4.79 Å². The Morgan fingerprint density at radius 1 is 1.33 bits per heavy atom. The SMILES string of the molecule is Cc1cc(C)n(CC(=O)Nc2ccccc2CN)c(=O)n1. The molecule has 0 radical (unpaired) electrons. The summed E-state index contributed by atoms with van der Waals surface area (Å²) in [4.78, 5) is 27.8. The van der Waals surface area contributed by atoms with Gasteiger partial charge >= 0.3 is 5.69 Å². The van der Waals surface area contributed by atoms with Crippen molar-refractivity contribution < 1.29 is 4.79 Å². The van der Waals surface area contributed by atoms with E-state index in [1.807, 2.05) is 18.2 Å². The Labute approximate surface area is 122 Å². The maximum atomic E-state index is 12.1. The summed E-state index contributed by atoms with van der Waals surface area (Å²) < 4.78 is 1.34. The smallest absolute Gasteiger partial charge is 0.326 e. The molecular weight excluding hydrogens is 268 g/mol. The third kappa shape index (κ3) is 3.55. The molecule has 0 aliphatic heterocycles. The van der Waals surface area contributed by atoms with Gasteiger partial charge in [0.25, 0.3) is 0 Å². The van der Waals surface area contributed by atoms with Crippen LogP contribution >= 0.6 is 0 Å². The zero-order chi connectivity index (χ0) is 15.4. The number of nitrogens with one attached hydrogen (secondary N) is 1. The van der Waals surface area contributed by atoms with Crippen LogP contribution in [-0.4, -0.2) is 15.5 Å². The molecule has 6 nitrogen and oxygen atoms in total. The number of hydrogen-bond donors (Lipinski definition) is 2. The van der Waals surface area contributed by atoms with Gasteiger partial charge in [0.2, 0.25) is 5.91 Å². The third-order valence-electron chi connectivity index (χ3n) is 3.16. The second kappa shape index (κ2) is 6.32. The number of aryl methyl sites for hydroxylation is 2. The summed E-state index contributed by atoms with van der Waals surface area (Å²) in [6.07, 6.45) is 0. The Kier molecular flexibility index (Phi) is 4.49. The maximum Gasteiger partial charge on any atom is 0.348 e. The largest absolute Gasteiger partial charge is 0.348 e. The molecule has 3 N–H and O–H groups in total. The minimum atomic E-state index is -0.422. The number of para-hydroxylation sites is 1. The van der Waals surface area contributed by atoms with Crippen LogP contribution < -0.4 is 16.7 Å². The highest BCUT2D eigenvalue weighted by Gasteiger charge is 2.10. The van der Waals surface area contributed by atoms with Crippen molar-refractivity contribution in [3.63, 3.8) is 0 Å². The zero-order valence-corrected chi connectivity index (χ0v) is 12.1. The van der Waals surface area contributed by atoms with E-state index in [1.165, 1.54) is 4.57 Å². The van der Waals surface area contributed by atoms with Gasteiger partial charge in [0, 0.05) is 23.6 Å². The van der Waals surface area contributed by atoms with Crippen molar-refractivity contribution in [2.75, 3.05) is 5.32 Å². The highest BCUT2D eigenvalue weighted by Crippen LogP contribution is 2.14. The molecule has 0 saturated carbocycles. The zero-order valence-electron chi connectivity index (χ0n) is 12.1. The van der Waals surface area contributed by atoms with Gasteiger partial charge in [-0.1, -0.05) is 18.2 Å². The molecule has 0 atom stereocenters. The molecule has 0 unspecified atom stereocenters. The number of nitrogens with zero attached hydrogens (tertiary/aromatic N) is 2. The van der Waals surface area contributed by atoms with Crippen LogP contribution in [0.2, 0.25) is 0 Å². The lowest BCUT2D eigenvalue weighted by atomic mass is 10.2. The first-order valence-electron chi connectivity index (χ1n) is 6.64. The quantitative estimate of drug-likeness (QED) is 0.876. The number of rotatable bonds is 4. The summed E-state index contributed by atoms with van der Waals surface area (Å²) in [6.45, 7) is 3.78. The molecule has 0 bridgehead atoms. The van der Waals surface area contributed by atoms with Crippen molar-refractivity contribution in [1.29, 1.82) is 0 Å². The average Bonchev–Trinajstić information content (AvgIpc) is 2.43. The van der Waals surface area contributed by atoms with E-state index in [4.69, 9.17) is 5.73 Å². The number of benzene rings is 1. The Balaban J connectivity index is 2.18. The Hall–Kier alpha value is -2.47. The highest BCUT2D eigenvalue weighted by molar-refractivity contribution is 5.91. The second-order valence-corrected chi connectivity index (χ2v) is 4.82. The van der Waals surface area contributed by atoms with Gasteiger partial charge in [0.05, 0.1) is 0 Å². The van der Waals surface area contributed by atoms with E-state index in [1.54, 1.807) is 26.0 Å². The first kappa shape index (κ1) is 14.9. The molecule has 21 heavy (non-hydrogen) atoms. The van der Waals surface area contributed by atoms with E-state index in [2.05, 4.69) is 10.3 Å². The number of hydrogen-bond acceptors (Lipinski definition) is 4. The van der Waals surface area contributed by atoms with E-state index in [9.17, 15) is 9.59 Å². The van der Waals surface area contributed by atoms with Crippen LogP contribution in [-0.2, 0) is 17.9 Å². The molecule has 110 valence electrons. The van der Waals surface area contributed by atoms with Gasteiger partial charge in [-0.2, -0.15) is 4.98 Å². The molecule has 0 spiro atoms. The molecule has 2 aromatic rings. The first-order chi connectivity index (χ1) is 10.0. The van der Waals surface area contributed by atoms with Gasteiger partial charge in [-0.05, 0) is 31.5 Å². The Bertz CT molecular complexity index is 722. The third-order valence-corrected chi connectivity index (χ3v) is 3.16. The minimum absolute atomic E-state index is 0.0726. The lowest BCUT2D eigenvalue weighted by Gasteiger charge is -2.12. The van der Waals surface area contributed by atoms with Gasteiger partial charge in [-0.15, -0.1) is 0 Å². The van der Waals surface area contributed by atoms with Crippen molar-refractivity contribution in [3.8, 4) is 0 Å². The van der Waals surface area contributed by atoms with Crippen LogP contribution in [0.5, 0.6) is 0 Å².